The van der Waals surface area contributed by atoms with Gasteiger partial charge in [0, 0.05) is 24.0 Å². The number of likely N-dealkylation sites (N-methyl/N-ethyl adjacent to an activating group) is 2. The molecule has 0 atom stereocenters. The topological polar surface area (TPSA) is 62.3 Å². The Balaban J connectivity index is 2.19. The summed E-state index contributed by atoms with van der Waals surface area (Å²) in [6, 6.07) is 5.64. The van der Waals surface area contributed by atoms with E-state index in [1.54, 1.807) is 17.4 Å². The van der Waals surface area contributed by atoms with Crippen LogP contribution in [-0.2, 0) is 4.79 Å². The fourth-order valence-electron chi connectivity index (χ4n) is 2.28. The van der Waals surface area contributed by atoms with Crippen LogP contribution in [0.15, 0.2) is 29.0 Å². The molecule has 5 nitrogen and oxygen atoms in total. The number of carbonyl (C=O) groups excluding carboxylic acids is 2. The number of rotatable bonds is 6. The van der Waals surface area contributed by atoms with Gasteiger partial charge in [-0.15, -0.1) is 0 Å². The molecule has 0 saturated heterocycles. The van der Waals surface area contributed by atoms with Crippen molar-refractivity contribution in [3.8, 4) is 11.3 Å². The van der Waals surface area contributed by atoms with E-state index >= 15 is 0 Å². The Hall–Kier alpha value is -2.21. The molecule has 23 heavy (non-hydrogen) atoms. The largest absolute Gasteiger partial charge is 0.355 e. The summed E-state index contributed by atoms with van der Waals surface area (Å²) in [5.74, 6) is -0.316. The lowest BCUT2D eigenvalue weighted by Gasteiger charge is -2.21. The molecule has 2 rings (SSSR count). The first kappa shape index (κ1) is 17.1. The summed E-state index contributed by atoms with van der Waals surface area (Å²) < 4.78 is 0. The lowest BCUT2D eigenvalue weighted by Crippen LogP contribution is -2.40. The number of hydrogen-bond donors (Lipinski definition) is 1. The predicted octanol–water partition coefficient (Wildman–Crippen LogP) is 2.72. The predicted molar refractivity (Wildman–Crippen MR) is 92.5 cm³/mol. The zero-order valence-electron chi connectivity index (χ0n) is 13.6. The van der Waals surface area contributed by atoms with Crippen molar-refractivity contribution in [3.05, 3.63) is 40.2 Å². The highest BCUT2D eigenvalue weighted by Crippen LogP contribution is 2.22. The minimum atomic E-state index is -0.166. The van der Waals surface area contributed by atoms with Gasteiger partial charge in [-0.1, -0.05) is 0 Å². The summed E-state index contributed by atoms with van der Waals surface area (Å²) >= 11 is 1.61. The molecule has 0 aliphatic heterocycles. The molecular weight excluding hydrogens is 310 g/mol. The van der Waals surface area contributed by atoms with Crippen molar-refractivity contribution < 1.29 is 9.59 Å². The Morgan fingerprint density at radius 1 is 1.26 bits per heavy atom. The van der Waals surface area contributed by atoms with Crippen LogP contribution in [0.4, 0.5) is 0 Å². The summed E-state index contributed by atoms with van der Waals surface area (Å²) in [4.78, 5) is 30.4. The molecule has 2 heterocycles. The maximum Gasteiger partial charge on any atom is 0.256 e. The van der Waals surface area contributed by atoms with Crippen molar-refractivity contribution in [1.82, 2.24) is 15.2 Å². The van der Waals surface area contributed by atoms with Crippen LogP contribution in [0.2, 0.25) is 0 Å². The standard InChI is InChI=1S/C17H21N3O2S/c1-4-18-16(21)10-20(5-2)17(22)14-6-7-15(19-12(14)3)13-8-9-23-11-13/h6-9,11H,4-5,10H2,1-3H3,(H,18,21). The number of amides is 2. The third-order valence-corrected chi connectivity index (χ3v) is 4.19. The lowest BCUT2D eigenvalue weighted by molar-refractivity contribution is -0.121. The molecule has 2 aromatic rings. The van der Waals surface area contributed by atoms with E-state index in [4.69, 9.17) is 0 Å². The van der Waals surface area contributed by atoms with Crippen LogP contribution in [0.1, 0.15) is 29.9 Å². The quantitative estimate of drug-likeness (QED) is 0.885. The first-order valence-corrected chi connectivity index (χ1v) is 8.57. The van der Waals surface area contributed by atoms with Crippen molar-refractivity contribution in [1.29, 1.82) is 0 Å². The molecule has 6 heteroatoms. The van der Waals surface area contributed by atoms with E-state index in [1.165, 1.54) is 4.90 Å². The fourth-order valence-corrected chi connectivity index (χ4v) is 2.93. The van der Waals surface area contributed by atoms with E-state index < -0.39 is 0 Å². The van der Waals surface area contributed by atoms with Crippen molar-refractivity contribution in [2.45, 2.75) is 20.8 Å². The van der Waals surface area contributed by atoms with Gasteiger partial charge in [-0.3, -0.25) is 14.6 Å². The SMILES string of the molecule is CCNC(=O)CN(CC)C(=O)c1ccc(-c2ccsc2)nc1C. The summed E-state index contributed by atoms with van der Waals surface area (Å²) in [5.41, 5.74) is 3.11. The van der Waals surface area contributed by atoms with Crippen LogP contribution in [-0.4, -0.2) is 41.3 Å². The van der Waals surface area contributed by atoms with Crippen LogP contribution >= 0.6 is 11.3 Å². The molecule has 0 spiro atoms. The number of nitrogens with zero attached hydrogens (tertiary/aromatic N) is 2. The summed E-state index contributed by atoms with van der Waals surface area (Å²) in [6.07, 6.45) is 0. The number of aryl methyl sites for hydroxylation is 1. The van der Waals surface area contributed by atoms with Gasteiger partial charge in [-0.25, -0.2) is 0 Å². The van der Waals surface area contributed by atoms with E-state index in [0.717, 1.165) is 11.3 Å². The number of carbonyl (C=O) groups is 2. The molecule has 0 radical (unpaired) electrons. The third-order valence-electron chi connectivity index (χ3n) is 3.51. The van der Waals surface area contributed by atoms with Crippen molar-refractivity contribution >= 4 is 23.2 Å². The summed E-state index contributed by atoms with van der Waals surface area (Å²) in [6.45, 7) is 6.63. The smallest absolute Gasteiger partial charge is 0.256 e. The average molecular weight is 331 g/mol. The first-order valence-electron chi connectivity index (χ1n) is 7.63. The van der Waals surface area contributed by atoms with Crippen LogP contribution in [0.3, 0.4) is 0 Å². The van der Waals surface area contributed by atoms with Gasteiger partial charge in [0.25, 0.3) is 5.91 Å². The van der Waals surface area contributed by atoms with Gasteiger partial charge in [0.1, 0.15) is 0 Å². The highest BCUT2D eigenvalue weighted by Gasteiger charge is 2.19. The first-order chi connectivity index (χ1) is 11.1. The van der Waals surface area contributed by atoms with E-state index in [0.29, 0.717) is 24.3 Å². The van der Waals surface area contributed by atoms with Gasteiger partial charge in [0.05, 0.1) is 23.5 Å². The van der Waals surface area contributed by atoms with E-state index in [9.17, 15) is 9.59 Å². The maximum absolute atomic E-state index is 12.6. The molecule has 122 valence electrons. The van der Waals surface area contributed by atoms with E-state index in [2.05, 4.69) is 10.3 Å². The van der Waals surface area contributed by atoms with Gasteiger partial charge in [0.2, 0.25) is 5.91 Å². The van der Waals surface area contributed by atoms with Crippen molar-refractivity contribution in [2.24, 2.45) is 0 Å². The second kappa shape index (κ2) is 7.87. The molecule has 0 aliphatic carbocycles. The molecule has 0 unspecified atom stereocenters. The van der Waals surface area contributed by atoms with Crippen LogP contribution < -0.4 is 5.32 Å². The minimum absolute atomic E-state index is 0.0644. The number of nitrogens with one attached hydrogen (secondary N) is 1. The zero-order valence-corrected chi connectivity index (χ0v) is 14.4. The number of thiophene rings is 1. The van der Waals surface area contributed by atoms with Gasteiger partial charge in [-0.05, 0) is 44.4 Å². The molecule has 2 amide bonds. The van der Waals surface area contributed by atoms with Gasteiger partial charge < -0.3 is 10.2 Å². The molecule has 0 aromatic carbocycles. The van der Waals surface area contributed by atoms with Crippen molar-refractivity contribution in [2.75, 3.05) is 19.6 Å². The molecular formula is C17H21N3O2S. The van der Waals surface area contributed by atoms with Gasteiger partial charge >= 0.3 is 0 Å². The Kier molecular flexibility index (Phi) is 5.87. The van der Waals surface area contributed by atoms with Crippen LogP contribution in [0.25, 0.3) is 11.3 Å². The molecule has 2 aromatic heterocycles. The minimum Gasteiger partial charge on any atom is -0.355 e. The van der Waals surface area contributed by atoms with Crippen molar-refractivity contribution in [3.63, 3.8) is 0 Å². The normalized spacial score (nSPS) is 10.4. The molecule has 0 aliphatic rings. The van der Waals surface area contributed by atoms with E-state index in [-0.39, 0.29) is 18.4 Å². The number of hydrogen-bond acceptors (Lipinski definition) is 4. The second-order valence-corrected chi connectivity index (χ2v) is 5.89. The summed E-state index contributed by atoms with van der Waals surface area (Å²) in [7, 11) is 0. The maximum atomic E-state index is 12.6. The highest BCUT2D eigenvalue weighted by atomic mass is 32.1. The molecule has 0 bridgehead atoms. The van der Waals surface area contributed by atoms with Gasteiger partial charge in [-0.2, -0.15) is 11.3 Å². The van der Waals surface area contributed by atoms with E-state index in [1.807, 2.05) is 43.7 Å². The molecule has 1 N–H and O–H groups in total. The highest BCUT2D eigenvalue weighted by molar-refractivity contribution is 7.08. The molecule has 0 saturated carbocycles. The number of pyridine rings is 1. The van der Waals surface area contributed by atoms with Gasteiger partial charge in [0.15, 0.2) is 0 Å². The Morgan fingerprint density at radius 3 is 2.61 bits per heavy atom. The Labute approximate surface area is 140 Å². The third kappa shape index (κ3) is 4.16. The fraction of sp³-hybridized carbons (Fsp3) is 0.353. The zero-order chi connectivity index (χ0) is 16.8. The average Bonchev–Trinajstić information content (AvgIpc) is 3.06. The molecule has 0 fully saturated rings. The van der Waals surface area contributed by atoms with Crippen LogP contribution in [0, 0.1) is 6.92 Å². The Bertz CT molecular complexity index is 683. The number of aromatic nitrogens is 1. The van der Waals surface area contributed by atoms with Crippen LogP contribution in [0.5, 0.6) is 0 Å². The summed E-state index contributed by atoms with van der Waals surface area (Å²) in [5, 5.41) is 6.73. The Morgan fingerprint density at radius 2 is 2.04 bits per heavy atom. The second-order valence-electron chi connectivity index (χ2n) is 5.11. The lowest BCUT2D eigenvalue weighted by atomic mass is 10.1. The monoisotopic (exact) mass is 331 g/mol.